The highest BCUT2D eigenvalue weighted by atomic mass is 35.5. The topological polar surface area (TPSA) is 38.3 Å². The normalized spacial score (nSPS) is 10.6. The van der Waals surface area contributed by atoms with Crippen molar-refractivity contribution in [2.75, 3.05) is 12.4 Å². The molecule has 0 aliphatic rings. The predicted molar refractivity (Wildman–Crippen MR) is 77.0 cm³/mol. The number of aryl methyl sites for hydroxylation is 1. The van der Waals surface area contributed by atoms with Crippen LogP contribution in [0.15, 0.2) is 18.2 Å². The van der Waals surface area contributed by atoms with E-state index in [4.69, 9.17) is 11.6 Å². The maximum Gasteiger partial charge on any atom is 0.261 e. The Labute approximate surface area is 133 Å². The molecule has 0 atom stereocenters. The molecule has 2 aromatic carbocycles. The van der Waals surface area contributed by atoms with Gasteiger partial charge in [-0.3, -0.25) is 4.79 Å². The Balaban J connectivity index is 2.50. The first kappa shape index (κ1) is 17.1. The molecule has 0 heterocycles. The van der Waals surface area contributed by atoms with Crippen molar-refractivity contribution in [1.29, 1.82) is 0 Å². The summed E-state index contributed by atoms with van der Waals surface area (Å²) in [4.78, 5) is 12.0. The van der Waals surface area contributed by atoms with E-state index in [1.807, 2.05) is 0 Å². The van der Waals surface area contributed by atoms with Crippen LogP contribution in [0.3, 0.4) is 0 Å². The number of hydrogen-bond acceptors (Lipinski definition) is 2. The van der Waals surface area contributed by atoms with Crippen LogP contribution in [-0.2, 0) is 0 Å². The van der Waals surface area contributed by atoms with Gasteiger partial charge in [0.05, 0.1) is 7.11 Å². The number of anilines is 1. The monoisotopic (exact) mass is 347 g/mol. The molecule has 0 spiro atoms. The molecule has 2 rings (SSSR count). The third kappa shape index (κ3) is 3.10. The van der Waals surface area contributed by atoms with Gasteiger partial charge in [-0.25, -0.2) is 8.78 Å². The lowest BCUT2D eigenvalue weighted by molar-refractivity contribution is 0.101. The van der Waals surface area contributed by atoms with E-state index in [1.54, 1.807) is 19.1 Å². The minimum atomic E-state index is -1.85. The number of carbonyl (C=O) groups excluding carboxylic acids is 1. The van der Waals surface area contributed by atoms with Crippen LogP contribution >= 0.6 is 11.6 Å². The lowest BCUT2D eigenvalue weighted by atomic mass is 10.1. The molecule has 1 amide bonds. The first-order valence-electron chi connectivity index (χ1n) is 6.25. The molecule has 0 aromatic heterocycles. The van der Waals surface area contributed by atoms with Crippen molar-refractivity contribution in [3.8, 4) is 5.75 Å². The first-order valence-corrected chi connectivity index (χ1v) is 6.63. The molecule has 3 nitrogen and oxygen atoms in total. The highest BCUT2D eigenvalue weighted by Crippen LogP contribution is 2.30. The number of benzene rings is 2. The second kappa shape index (κ2) is 6.45. The number of carbonyl (C=O) groups is 1. The fourth-order valence-corrected chi connectivity index (χ4v) is 2.08. The summed E-state index contributed by atoms with van der Waals surface area (Å²) in [5.74, 6) is -9.88. The summed E-state index contributed by atoms with van der Waals surface area (Å²) >= 11 is 5.76. The first-order chi connectivity index (χ1) is 10.8. The van der Waals surface area contributed by atoms with Crippen LogP contribution in [0.25, 0.3) is 0 Å². The summed E-state index contributed by atoms with van der Waals surface area (Å²) in [5.41, 5.74) is -0.698. The zero-order chi connectivity index (χ0) is 17.3. The molecule has 122 valence electrons. The van der Waals surface area contributed by atoms with Crippen molar-refractivity contribution in [2.24, 2.45) is 0 Å². The van der Waals surface area contributed by atoms with Crippen molar-refractivity contribution in [1.82, 2.24) is 0 Å². The van der Waals surface area contributed by atoms with E-state index in [1.165, 1.54) is 6.07 Å². The largest absolute Gasteiger partial charge is 0.491 e. The number of methoxy groups -OCH3 is 1. The zero-order valence-corrected chi connectivity index (χ0v) is 12.7. The number of nitrogens with one attached hydrogen (secondary N) is 1. The standard InChI is InChI=1S/C15H10ClF4NO2/c1-6-3-4-7(16)5-8(6)21-15(22)9-10(17)12(19)14(23-2)13(20)11(9)18/h3-5H,1-2H3,(H,21,22). The van der Waals surface area contributed by atoms with E-state index in [0.717, 1.165) is 7.11 Å². The Morgan fingerprint density at radius 2 is 1.65 bits per heavy atom. The molecule has 23 heavy (non-hydrogen) atoms. The number of halogens is 5. The van der Waals surface area contributed by atoms with Crippen LogP contribution in [0.5, 0.6) is 5.75 Å². The summed E-state index contributed by atoms with van der Waals surface area (Å²) in [6.45, 7) is 1.61. The highest BCUT2D eigenvalue weighted by Gasteiger charge is 2.30. The summed E-state index contributed by atoms with van der Waals surface area (Å²) in [5, 5.41) is 2.43. The third-order valence-electron chi connectivity index (χ3n) is 3.10. The molecule has 0 saturated carbocycles. The fraction of sp³-hybridized carbons (Fsp3) is 0.133. The Morgan fingerprint density at radius 3 is 2.17 bits per heavy atom. The van der Waals surface area contributed by atoms with Gasteiger partial charge >= 0.3 is 0 Å². The molecular formula is C15H10ClF4NO2. The second-order valence-electron chi connectivity index (χ2n) is 4.58. The van der Waals surface area contributed by atoms with Gasteiger partial charge in [0.1, 0.15) is 5.56 Å². The minimum Gasteiger partial charge on any atom is -0.491 e. The van der Waals surface area contributed by atoms with Gasteiger partial charge in [-0.05, 0) is 24.6 Å². The van der Waals surface area contributed by atoms with Gasteiger partial charge in [0.15, 0.2) is 17.4 Å². The van der Waals surface area contributed by atoms with E-state index in [-0.39, 0.29) is 10.7 Å². The van der Waals surface area contributed by atoms with Gasteiger partial charge in [-0.1, -0.05) is 17.7 Å². The SMILES string of the molecule is COc1c(F)c(F)c(C(=O)Nc2cc(Cl)ccc2C)c(F)c1F. The smallest absolute Gasteiger partial charge is 0.261 e. The summed E-state index contributed by atoms with van der Waals surface area (Å²) in [7, 11) is 0.843. The van der Waals surface area contributed by atoms with E-state index in [9.17, 15) is 22.4 Å². The molecule has 0 unspecified atom stereocenters. The fourth-order valence-electron chi connectivity index (χ4n) is 1.90. The van der Waals surface area contributed by atoms with Crippen molar-refractivity contribution < 1.29 is 27.1 Å². The maximum absolute atomic E-state index is 13.9. The molecule has 0 fully saturated rings. The van der Waals surface area contributed by atoms with E-state index in [2.05, 4.69) is 10.1 Å². The Hall–Kier alpha value is -2.28. The quantitative estimate of drug-likeness (QED) is 0.657. The van der Waals surface area contributed by atoms with Gasteiger partial charge in [0, 0.05) is 10.7 Å². The van der Waals surface area contributed by atoms with Gasteiger partial charge < -0.3 is 10.1 Å². The van der Waals surface area contributed by atoms with Crippen LogP contribution in [0, 0.1) is 30.2 Å². The van der Waals surface area contributed by atoms with Crippen LogP contribution in [0.2, 0.25) is 5.02 Å². The van der Waals surface area contributed by atoms with Crippen molar-refractivity contribution >= 4 is 23.2 Å². The minimum absolute atomic E-state index is 0.151. The molecule has 0 aliphatic carbocycles. The average Bonchev–Trinajstić information content (AvgIpc) is 2.50. The lowest BCUT2D eigenvalue weighted by Crippen LogP contribution is -2.19. The third-order valence-corrected chi connectivity index (χ3v) is 3.34. The molecule has 0 aliphatic heterocycles. The van der Waals surface area contributed by atoms with Gasteiger partial charge in [-0.2, -0.15) is 8.78 Å². The highest BCUT2D eigenvalue weighted by molar-refractivity contribution is 6.31. The van der Waals surface area contributed by atoms with Crippen LogP contribution in [0.4, 0.5) is 23.2 Å². The van der Waals surface area contributed by atoms with Crippen molar-refractivity contribution in [3.05, 3.63) is 57.6 Å². The number of amides is 1. The zero-order valence-electron chi connectivity index (χ0n) is 11.9. The van der Waals surface area contributed by atoms with Gasteiger partial charge in [0.25, 0.3) is 5.91 Å². The molecule has 1 N–H and O–H groups in total. The van der Waals surface area contributed by atoms with Gasteiger partial charge in [0.2, 0.25) is 11.6 Å². The van der Waals surface area contributed by atoms with E-state index < -0.39 is 40.5 Å². The summed E-state index contributed by atoms with van der Waals surface area (Å²) in [6, 6.07) is 4.43. The number of hydrogen-bond donors (Lipinski definition) is 1. The van der Waals surface area contributed by atoms with E-state index in [0.29, 0.717) is 5.56 Å². The Bertz CT molecular complexity index is 767. The lowest BCUT2D eigenvalue weighted by Gasteiger charge is -2.12. The van der Waals surface area contributed by atoms with Crippen LogP contribution < -0.4 is 10.1 Å². The second-order valence-corrected chi connectivity index (χ2v) is 5.01. The summed E-state index contributed by atoms with van der Waals surface area (Å²) in [6.07, 6.45) is 0. The predicted octanol–water partition coefficient (Wildman–Crippen LogP) is 4.47. The van der Waals surface area contributed by atoms with E-state index >= 15 is 0 Å². The van der Waals surface area contributed by atoms with Crippen molar-refractivity contribution in [3.63, 3.8) is 0 Å². The van der Waals surface area contributed by atoms with Gasteiger partial charge in [-0.15, -0.1) is 0 Å². The molecule has 8 heteroatoms. The Morgan fingerprint density at radius 1 is 1.09 bits per heavy atom. The number of rotatable bonds is 3. The molecule has 0 saturated heterocycles. The average molecular weight is 348 g/mol. The maximum atomic E-state index is 13.9. The number of ether oxygens (including phenoxy) is 1. The van der Waals surface area contributed by atoms with Crippen LogP contribution in [0.1, 0.15) is 15.9 Å². The summed E-state index contributed by atoms with van der Waals surface area (Å²) < 4.78 is 59.3. The molecular weight excluding hydrogens is 338 g/mol. The van der Waals surface area contributed by atoms with Crippen molar-refractivity contribution in [2.45, 2.75) is 6.92 Å². The molecule has 2 aromatic rings. The Kier molecular flexibility index (Phi) is 4.79. The molecule has 0 radical (unpaired) electrons. The van der Waals surface area contributed by atoms with Crippen LogP contribution in [-0.4, -0.2) is 13.0 Å². The molecule has 0 bridgehead atoms.